The van der Waals surface area contributed by atoms with Crippen LogP contribution in [0.3, 0.4) is 0 Å². The Bertz CT molecular complexity index is 504. The Balaban J connectivity index is 3.25. The van der Waals surface area contributed by atoms with Gasteiger partial charge in [0.1, 0.15) is 0 Å². The van der Waals surface area contributed by atoms with Crippen LogP contribution in [-0.4, -0.2) is 23.7 Å². The van der Waals surface area contributed by atoms with Crippen LogP contribution in [0.15, 0.2) is 12.2 Å². The van der Waals surface area contributed by atoms with Gasteiger partial charge in [0.2, 0.25) is 5.91 Å². The topological polar surface area (TPSA) is 49.3 Å². The number of aliphatic hydroxyl groups is 1. The molecule has 0 unspecified atom stereocenters. The van der Waals surface area contributed by atoms with Crippen LogP contribution in [0.4, 0.5) is 0 Å². The van der Waals surface area contributed by atoms with Gasteiger partial charge in [-0.15, -0.1) is 0 Å². The van der Waals surface area contributed by atoms with Gasteiger partial charge in [0.05, 0.1) is 6.10 Å². The fourth-order valence-electron chi connectivity index (χ4n) is 5.36. The molecule has 0 saturated heterocycles. The van der Waals surface area contributed by atoms with E-state index in [1.165, 1.54) is 135 Å². The Morgan fingerprint density at radius 2 is 1.00 bits per heavy atom. The molecule has 0 saturated carbocycles. The molecule has 0 aliphatic rings. The summed E-state index contributed by atoms with van der Waals surface area (Å²) in [5, 5.41) is 13.1. The molecule has 3 heteroatoms. The minimum absolute atomic E-state index is 0.159. The van der Waals surface area contributed by atoms with Crippen LogP contribution < -0.4 is 5.32 Å². The summed E-state index contributed by atoms with van der Waals surface area (Å²) in [7, 11) is 0. The maximum Gasteiger partial charge on any atom is 0.219 e. The normalized spacial score (nSPS) is 12.4. The van der Waals surface area contributed by atoms with Crippen LogP contribution in [0.2, 0.25) is 0 Å². The molecule has 0 aromatic heterocycles. The zero-order valence-electron chi connectivity index (χ0n) is 26.8. The van der Waals surface area contributed by atoms with Gasteiger partial charge < -0.3 is 10.4 Å². The zero-order chi connectivity index (χ0) is 28.5. The van der Waals surface area contributed by atoms with Crippen LogP contribution in [0.5, 0.6) is 0 Å². The first kappa shape index (κ1) is 38.2. The lowest BCUT2D eigenvalue weighted by molar-refractivity contribution is -0.121. The number of aliphatic hydroxyl groups excluding tert-OH is 1. The molecule has 0 aromatic rings. The molecule has 0 radical (unpaired) electrons. The summed E-state index contributed by atoms with van der Waals surface area (Å²) >= 11 is 0. The SMILES string of the molecule is CCCCCCCCCCCCCCCCCCNC(=O)CCCCCCCC=CC[C@H](O)CCCCCC. The fourth-order valence-corrected chi connectivity index (χ4v) is 5.36. The Labute approximate surface area is 245 Å². The molecule has 3 nitrogen and oxygen atoms in total. The third-order valence-corrected chi connectivity index (χ3v) is 8.09. The van der Waals surface area contributed by atoms with Gasteiger partial charge in [-0.1, -0.05) is 167 Å². The zero-order valence-corrected chi connectivity index (χ0v) is 26.8. The van der Waals surface area contributed by atoms with E-state index in [2.05, 4.69) is 31.3 Å². The van der Waals surface area contributed by atoms with Crippen LogP contribution in [0.25, 0.3) is 0 Å². The van der Waals surface area contributed by atoms with Crippen molar-refractivity contribution in [2.45, 2.75) is 206 Å². The van der Waals surface area contributed by atoms with E-state index in [0.717, 1.165) is 51.5 Å². The van der Waals surface area contributed by atoms with E-state index >= 15 is 0 Å². The van der Waals surface area contributed by atoms with Gasteiger partial charge in [0, 0.05) is 13.0 Å². The van der Waals surface area contributed by atoms with Crippen molar-refractivity contribution in [2.75, 3.05) is 6.54 Å². The Hall–Kier alpha value is -0.830. The second-order valence-electron chi connectivity index (χ2n) is 12.2. The minimum atomic E-state index is -0.159. The van der Waals surface area contributed by atoms with Gasteiger partial charge in [-0.05, 0) is 38.5 Å². The number of allylic oxidation sites excluding steroid dienone is 1. The van der Waals surface area contributed by atoms with Crippen molar-refractivity contribution in [3.05, 3.63) is 12.2 Å². The van der Waals surface area contributed by atoms with E-state index in [4.69, 9.17) is 0 Å². The van der Waals surface area contributed by atoms with Crippen LogP contribution in [0.1, 0.15) is 200 Å². The highest BCUT2D eigenvalue weighted by atomic mass is 16.3. The molecule has 0 spiro atoms. The predicted octanol–water partition coefficient (Wildman–Crippen LogP) is 11.4. The van der Waals surface area contributed by atoms with Gasteiger partial charge >= 0.3 is 0 Å². The third kappa shape index (κ3) is 33.3. The number of hydrogen-bond donors (Lipinski definition) is 2. The molecule has 39 heavy (non-hydrogen) atoms. The minimum Gasteiger partial charge on any atom is -0.393 e. The van der Waals surface area contributed by atoms with Gasteiger partial charge in [-0.3, -0.25) is 4.79 Å². The molecule has 232 valence electrons. The van der Waals surface area contributed by atoms with E-state index in [0.29, 0.717) is 6.42 Å². The summed E-state index contributed by atoms with van der Waals surface area (Å²) in [6, 6.07) is 0. The number of carbonyl (C=O) groups excluding carboxylic acids is 1. The molecule has 1 atom stereocenters. The van der Waals surface area contributed by atoms with Gasteiger partial charge in [0.25, 0.3) is 0 Å². The average Bonchev–Trinajstić information content (AvgIpc) is 2.93. The van der Waals surface area contributed by atoms with Crippen LogP contribution in [0, 0.1) is 0 Å². The molecule has 0 fully saturated rings. The summed E-state index contributed by atoms with van der Waals surface area (Å²) in [4.78, 5) is 12.0. The lowest BCUT2D eigenvalue weighted by Crippen LogP contribution is -2.23. The van der Waals surface area contributed by atoms with Crippen molar-refractivity contribution in [3.63, 3.8) is 0 Å². The molecule has 0 rings (SSSR count). The van der Waals surface area contributed by atoms with Crippen molar-refractivity contribution < 1.29 is 9.90 Å². The predicted molar refractivity (Wildman–Crippen MR) is 173 cm³/mol. The monoisotopic (exact) mass is 550 g/mol. The van der Waals surface area contributed by atoms with E-state index in [1.807, 2.05) is 0 Å². The lowest BCUT2D eigenvalue weighted by Gasteiger charge is -2.07. The highest BCUT2D eigenvalue weighted by Crippen LogP contribution is 2.14. The van der Waals surface area contributed by atoms with E-state index in [1.54, 1.807) is 0 Å². The van der Waals surface area contributed by atoms with Crippen molar-refractivity contribution in [1.82, 2.24) is 5.32 Å². The van der Waals surface area contributed by atoms with Crippen molar-refractivity contribution in [2.24, 2.45) is 0 Å². The van der Waals surface area contributed by atoms with Crippen molar-refractivity contribution in [1.29, 1.82) is 0 Å². The van der Waals surface area contributed by atoms with E-state index < -0.39 is 0 Å². The second-order valence-corrected chi connectivity index (χ2v) is 12.2. The van der Waals surface area contributed by atoms with E-state index in [-0.39, 0.29) is 12.0 Å². The number of rotatable bonds is 32. The largest absolute Gasteiger partial charge is 0.393 e. The molecule has 0 aromatic carbocycles. The number of hydrogen-bond acceptors (Lipinski definition) is 2. The molecule has 0 heterocycles. The standard InChI is InChI=1S/C36H71NO2/c1-3-5-7-9-10-11-12-13-14-15-16-17-20-23-26-30-34-37-36(39)33-29-25-22-19-18-21-24-28-32-35(38)31-27-8-6-4-2/h24,28,35,38H,3-23,25-27,29-34H2,1-2H3,(H,37,39)/t35-/m1/s1. The number of unbranched alkanes of at least 4 members (excludes halogenated alkanes) is 23. The van der Waals surface area contributed by atoms with Crippen LogP contribution >= 0.6 is 0 Å². The first-order valence-corrected chi connectivity index (χ1v) is 17.8. The number of amides is 1. The Kier molecular flexibility index (Phi) is 32.7. The number of carbonyl (C=O) groups is 1. The highest BCUT2D eigenvalue weighted by molar-refractivity contribution is 5.75. The molecule has 0 aliphatic heterocycles. The van der Waals surface area contributed by atoms with Crippen molar-refractivity contribution >= 4 is 5.91 Å². The fraction of sp³-hybridized carbons (Fsp3) is 0.917. The summed E-state index contributed by atoms with van der Waals surface area (Å²) in [5.74, 6) is 0.243. The molecular formula is C36H71NO2. The van der Waals surface area contributed by atoms with E-state index in [9.17, 15) is 9.90 Å². The third-order valence-electron chi connectivity index (χ3n) is 8.09. The summed E-state index contributed by atoms with van der Waals surface area (Å²) in [6.07, 6.45) is 40.8. The molecular weight excluding hydrogens is 478 g/mol. The van der Waals surface area contributed by atoms with Crippen molar-refractivity contribution in [3.8, 4) is 0 Å². The average molecular weight is 550 g/mol. The first-order valence-electron chi connectivity index (χ1n) is 17.8. The number of nitrogens with one attached hydrogen (secondary N) is 1. The summed E-state index contributed by atoms with van der Waals surface area (Å²) in [6.45, 7) is 5.37. The Morgan fingerprint density at radius 3 is 1.54 bits per heavy atom. The molecule has 2 N–H and O–H groups in total. The maximum absolute atomic E-state index is 12.0. The summed E-state index contributed by atoms with van der Waals surface area (Å²) in [5.41, 5.74) is 0. The van der Waals surface area contributed by atoms with Gasteiger partial charge in [0.15, 0.2) is 0 Å². The first-order chi connectivity index (χ1) is 19.2. The Morgan fingerprint density at radius 1 is 0.564 bits per heavy atom. The molecule has 0 bridgehead atoms. The van der Waals surface area contributed by atoms with Crippen LogP contribution in [-0.2, 0) is 4.79 Å². The van der Waals surface area contributed by atoms with Gasteiger partial charge in [-0.2, -0.15) is 0 Å². The molecule has 1 amide bonds. The summed E-state index contributed by atoms with van der Waals surface area (Å²) < 4.78 is 0. The highest BCUT2D eigenvalue weighted by Gasteiger charge is 2.02. The maximum atomic E-state index is 12.0. The molecule has 0 aliphatic carbocycles. The second kappa shape index (κ2) is 33.4. The lowest BCUT2D eigenvalue weighted by atomic mass is 10.0. The quantitative estimate of drug-likeness (QED) is 0.0647. The smallest absolute Gasteiger partial charge is 0.219 e. The van der Waals surface area contributed by atoms with Gasteiger partial charge in [-0.25, -0.2) is 0 Å².